The summed E-state index contributed by atoms with van der Waals surface area (Å²) in [5.41, 5.74) is 0.996. The molecule has 2 rings (SSSR count). The highest BCUT2D eigenvalue weighted by atomic mass is 19.1. The van der Waals surface area contributed by atoms with E-state index in [0.29, 0.717) is 29.4 Å². The normalized spacial score (nSPS) is 10.5. The Bertz CT molecular complexity index is 601. The summed E-state index contributed by atoms with van der Waals surface area (Å²) >= 11 is 0. The summed E-state index contributed by atoms with van der Waals surface area (Å²) < 4.78 is 36.6. The molecule has 2 aromatic rings. The molecule has 5 nitrogen and oxygen atoms in total. The van der Waals surface area contributed by atoms with Gasteiger partial charge in [0.2, 0.25) is 11.8 Å². The van der Waals surface area contributed by atoms with E-state index in [4.69, 9.17) is 9.47 Å². The van der Waals surface area contributed by atoms with Crippen LogP contribution in [0.3, 0.4) is 0 Å². The monoisotopic (exact) mass is 295 g/mol. The molecule has 7 heteroatoms. The topological polar surface area (TPSA) is 56.3 Å². The minimum Gasteiger partial charge on any atom is -0.481 e. The Kier molecular flexibility index (Phi) is 4.99. The van der Waals surface area contributed by atoms with Gasteiger partial charge >= 0.3 is 0 Å². The maximum atomic E-state index is 13.5. The van der Waals surface area contributed by atoms with Gasteiger partial charge in [-0.1, -0.05) is 6.07 Å². The molecule has 0 saturated carbocycles. The average Bonchev–Trinajstić information content (AvgIpc) is 2.49. The van der Waals surface area contributed by atoms with Crippen molar-refractivity contribution >= 4 is 0 Å². The van der Waals surface area contributed by atoms with Crippen LogP contribution in [0.2, 0.25) is 0 Å². The molecule has 112 valence electrons. The molecule has 1 N–H and O–H groups in total. The van der Waals surface area contributed by atoms with Crippen molar-refractivity contribution in [2.75, 3.05) is 14.2 Å². The van der Waals surface area contributed by atoms with Gasteiger partial charge in [-0.2, -0.15) is 0 Å². The molecule has 0 fully saturated rings. The van der Waals surface area contributed by atoms with Gasteiger partial charge < -0.3 is 14.8 Å². The number of halogens is 2. The van der Waals surface area contributed by atoms with Crippen LogP contribution in [0.15, 0.2) is 24.5 Å². The van der Waals surface area contributed by atoms with Crippen molar-refractivity contribution in [2.45, 2.75) is 13.1 Å². The van der Waals surface area contributed by atoms with Crippen LogP contribution in [0.25, 0.3) is 0 Å². The van der Waals surface area contributed by atoms with E-state index in [1.54, 1.807) is 0 Å². The standard InChI is InChI=1S/C14H15F2N3O2/c1-20-13-11(14(21-2)19-8-18-13)7-17-6-9-3-4-10(15)5-12(9)16/h3-5,8,17H,6-7H2,1-2H3. The minimum absolute atomic E-state index is 0.229. The zero-order valence-corrected chi connectivity index (χ0v) is 11.7. The van der Waals surface area contributed by atoms with Crippen LogP contribution >= 0.6 is 0 Å². The SMILES string of the molecule is COc1ncnc(OC)c1CNCc1ccc(F)cc1F. The number of nitrogens with zero attached hydrogens (tertiary/aromatic N) is 2. The molecule has 0 bridgehead atoms. The predicted octanol–water partition coefficient (Wildman–Crippen LogP) is 2.06. The van der Waals surface area contributed by atoms with Crippen molar-refractivity contribution in [1.29, 1.82) is 0 Å². The smallest absolute Gasteiger partial charge is 0.224 e. The van der Waals surface area contributed by atoms with Crippen LogP contribution in [-0.4, -0.2) is 24.2 Å². The van der Waals surface area contributed by atoms with Crippen LogP contribution in [0.1, 0.15) is 11.1 Å². The average molecular weight is 295 g/mol. The van der Waals surface area contributed by atoms with Crippen LogP contribution in [0.4, 0.5) is 8.78 Å². The number of nitrogens with one attached hydrogen (secondary N) is 1. The van der Waals surface area contributed by atoms with E-state index in [-0.39, 0.29) is 6.54 Å². The Hall–Kier alpha value is -2.28. The van der Waals surface area contributed by atoms with Crippen molar-refractivity contribution in [3.8, 4) is 11.8 Å². The third kappa shape index (κ3) is 3.63. The van der Waals surface area contributed by atoms with Gasteiger partial charge in [-0.05, 0) is 6.07 Å². The second-order valence-corrected chi connectivity index (χ2v) is 4.21. The molecule has 0 aliphatic heterocycles. The number of ether oxygens (including phenoxy) is 2. The number of hydrogen-bond acceptors (Lipinski definition) is 5. The highest BCUT2D eigenvalue weighted by Gasteiger charge is 2.12. The number of rotatable bonds is 6. The molecule has 0 aliphatic carbocycles. The second kappa shape index (κ2) is 6.94. The Labute approximate surface area is 120 Å². The first-order valence-electron chi connectivity index (χ1n) is 6.22. The van der Waals surface area contributed by atoms with E-state index >= 15 is 0 Å². The van der Waals surface area contributed by atoms with Gasteiger partial charge in [-0.15, -0.1) is 0 Å². The summed E-state index contributed by atoms with van der Waals surface area (Å²) in [7, 11) is 2.98. The zero-order valence-electron chi connectivity index (χ0n) is 11.7. The highest BCUT2D eigenvalue weighted by molar-refractivity contribution is 5.34. The van der Waals surface area contributed by atoms with Crippen LogP contribution in [0.5, 0.6) is 11.8 Å². The fourth-order valence-electron chi connectivity index (χ4n) is 1.87. The van der Waals surface area contributed by atoms with Crippen LogP contribution < -0.4 is 14.8 Å². The van der Waals surface area contributed by atoms with Crippen LogP contribution in [-0.2, 0) is 13.1 Å². The molecular formula is C14H15F2N3O2. The fourth-order valence-corrected chi connectivity index (χ4v) is 1.87. The van der Waals surface area contributed by atoms with Gasteiger partial charge in [-0.3, -0.25) is 0 Å². The molecule has 0 amide bonds. The summed E-state index contributed by atoms with van der Waals surface area (Å²) in [5, 5.41) is 3.03. The summed E-state index contributed by atoms with van der Waals surface area (Å²) in [5.74, 6) is -0.426. The Morgan fingerprint density at radius 2 is 1.71 bits per heavy atom. The molecular weight excluding hydrogens is 280 g/mol. The third-order valence-corrected chi connectivity index (χ3v) is 2.89. The lowest BCUT2D eigenvalue weighted by Gasteiger charge is -2.11. The Morgan fingerprint density at radius 1 is 1.05 bits per heavy atom. The number of aromatic nitrogens is 2. The Balaban J connectivity index is 2.06. The molecule has 0 radical (unpaired) electrons. The van der Waals surface area contributed by atoms with Crippen molar-refractivity contribution in [3.05, 3.63) is 47.3 Å². The van der Waals surface area contributed by atoms with Crippen molar-refractivity contribution in [3.63, 3.8) is 0 Å². The minimum atomic E-state index is -0.601. The van der Waals surface area contributed by atoms with Gasteiger partial charge in [0.05, 0.1) is 19.8 Å². The van der Waals surface area contributed by atoms with Crippen molar-refractivity contribution in [2.24, 2.45) is 0 Å². The Morgan fingerprint density at radius 3 is 2.29 bits per heavy atom. The lowest BCUT2D eigenvalue weighted by atomic mass is 10.2. The van der Waals surface area contributed by atoms with E-state index in [1.165, 1.54) is 32.7 Å². The molecule has 21 heavy (non-hydrogen) atoms. The largest absolute Gasteiger partial charge is 0.481 e. The summed E-state index contributed by atoms with van der Waals surface area (Å²) in [6, 6.07) is 3.46. The van der Waals surface area contributed by atoms with E-state index < -0.39 is 11.6 Å². The van der Waals surface area contributed by atoms with E-state index in [9.17, 15) is 8.78 Å². The number of benzene rings is 1. The van der Waals surface area contributed by atoms with E-state index in [0.717, 1.165) is 6.07 Å². The van der Waals surface area contributed by atoms with Crippen LogP contribution in [0, 0.1) is 11.6 Å². The molecule has 0 atom stereocenters. The van der Waals surface area contributed by atoms with E-state index in [1.807, 2.05) is 0 Å². The molecule has 0 spiro atoms. The molecule has 0 aliphatic rings. The molecule has 1 aromatic heterocycles. The lowest BCUT2D eigenvalue weighted by molar-refractivity contribution is 0.359. The summed E-state index contributed by atoms with van der Waals surface area (Å²) in [6.45, 7) is 0.553. The van der Waals surface area contributed by atoms with Gasteiger partial charge in [0.15, 0.2) is 0 Å². The van der Waals surface area contributed by atoms with E-state index in [2.05, 4.69) is 15.3 Å². The molecule has 0 unspecified atom stereocenters. The molecule has 1 aromatic carbocycles. The first-order valence-corrected chi connectivity index (χ1v) is 6.22. The molecule has 0 saturated heterocycles. The third-order valence-electron chi connectivity index (χ3n) is 2.89. The first kappa shape index (κ1) is 15.1. The van der Waals surface area contributed by atoms with Crippen molar-refractivity contribution in [1.82, 2.24) is 15.3 Å². The lowest BCUT2D eigenvalue weighted by Crippen LogP contribution is -2.16. The number of methoxy groups -OCH3 is 2. The first-order chi connectivity index (χ1) is 10.2. The van der Waals surface area contributed by atoms with Gasteiger partial charge in [0.1, 0.15) is 18.0 Å². The quantitative estimate of drug-likeness (QED) is 0.884. The summed E-state index contributed by atoms with van der Waals surface area (Å²) in [6.07, 6.45) is 1.33. The van der Waals surface area contributed by atoms with Gasteiger partial charge in [-0.25, -0.2) is 18.7 Å². The second-order valence-electron chi connectivity index (χ2n) is 4.21. The predicted molar refractivity (Wildman–Crippen MR) is 72.0 cm³/mol. The van der Waals surface area contributed by atoms with Gasteiger partial charge in [0.25, 0.3) is 0 Å². The highest BCUT2D eigenvalue weighted by Crippen LogP contribution is 2.23. The maximum absolute atomic E-state index is 13.5. The summed E-state index contributed by atoms with van der Waals surface area (Å²) in [4.78, 5) is 7.97. The van der Waals surface area contributed by atoms with Gasteiger partial charge in [0, 0.05) is 24.7 Å². The number of hydrogen-bond donors (Lipinski definition) is 1. The molecule has 1 heterocycles. The fraction of sp³-hybridized carbons (Fsp3) is 0.286. The van der Waals surface area contributed by atoms with Crippen molar-refractivity contribution < 1.29 is 18.3 Å². The zero-order chi connectivity index (χ0) is 15.2. The maximum Gasteiger partial charge on any atom is 0.224 e.